The highest BCUT2D eigenvalue weighted by Crippen LogP contribution is 2.29. The quantitative estimate of drug-likeness (QED) is 0.720. The van der Waals surface area contributed by atoms with Gasteiger partial charge in [0.15, 0.2) is 0 Å². The van der Waals surface area contributed by atoms with E-state index in [4.69, 9.17) is 23.2 Å². The zero-order valence-electron chi connectivity index (χ0n) is 11.4. The summed E-state index contributed by atoms with van der Waals surface area (Å²) >= 11 is 15.2. The van der Waals surface area contributed by atoms with Crippen LogP contribution in [-0.4, -0.2) is 11.8 Å². The number of nitrogens with one attached hydrogen (secondary N) is 2. The molecule has 0 bridgehead atoms. The molecular formula is C15H11BrCl2N2O2. The molecule has 7 heteroatoms. The van der Waals surface area contributed by atoms with E-state index in [1.807, 2.05) is 6.92 Å². The summed E-state index contributed by atoms with van der Waals surface area (Å²) in [5.41, 5.74) is 1.75. The Bertz CT molecular complexity index is 750. The molecular weight excluding hydrogens is 391 g/mol. The lowest BCUT2D eigenvalue weighted by Gasteiger charge is -2.09. The summed E-state index contributed by atoms with van der Waals surface area (Å²) in [4.78, 5) is 23.8. The van der Waals surface area contributed by atoms with Crippen molar-refractivity contribution in [1.82, 2.24) is 0 Å². The van der Waals surface area contributed by atoms with Gasteiger partial charge in [-0.3, -0.25) is 9.59 Å². The van der Waals surface area contributed by atoms with Crippen LogP contribution in [0.5, 0.6) is 0 Å². The predicted molar refractivity (Wildman–Crippen MR) is 92.6 cm³/mol. The van der Waals surface area contributed by atoms with Crippen molar-refractivity contribution in [2.45, 2.75) is 6.92 Å². The molecule has 0 aromatic heterocycles. The molecule has 0 heterocycles. The molecule has 2 N–H and O–H groups in total. The van der Waals surface area contributed by atoms with Crippen LogP contribution in [0.25, 0.3) is 0 Å². The first-order valence-electron chi connectivity index (χ1n) is 6.21. The Morgan fingerprint density at radius 1 is 1.05 bits per heavy atom. The van der Waals surface area contributed by atoms with Crippen LogP contribution in [0.4, 0.5) is 11.4 Å². The molecule has 0 aliphatic carbocycles. The third kappa shape index (κ3) is 4.00. The number of carbonyl (C=O) groups excluding carboxylic acids is 2. The fourth-order valence-electron chi connectivity index (χ4n) is 1.69. The van der Waals surface area contributed by atoms with E-state index in [-0.39, 0.29) is 10.7 Å². The Morgan fingerprint density at radius 2 is 1.73 bits per heavy atom. The first-order chi connectivity index (χ1) is 10.4. The summed E-state index contributed by atoms with van der Waals surface area (Å²) in [6, 6.07) is 10.0. The number of amides is 2. The minimum Gasteiger partial charge on any atom is -0.318 e. The van der Waals surface area contributed by atoms with E-state index in [1.54, 1.807) is 36.4 Å². The summed E-state index contributed by atoms with van der Waals surface area (Å²) in [7, 11) is 0. The normalized spacial score (nSPS) is 10.2. The first-order valence-corrected chi connectivity index (χ1v) is 7.76. The lowest BCUT2D eigenvalue weighted by Crippen LogP contribution is -2.29. The summed E-state index contributed by atoms with van der Waals surface area (Å²) in [5, 5.41) is 5.42. The molecule has 0 aliphatic rings. The van der Waals surface area contributed by atoms with Crippen LogP contribution in [0.1, 0.15) is 5.56 Å². The number of aryl methyl sites for hydroxylation is 1. The van der Waals surface area contributed by atoms with Gasteiger partial charge in [0, 0.05) is 10.2 Å². The number of halogens is 3. The van der Waals surface area contributed by atoms with Crippen molar-refractivity contribution in [3.05, 3.63) is 56.5 Å². The molecule has 0 radical (unpaired) electrons. The molecule has 114 valence electrons. The maximum Gasteiger partial charge on any atom is 0.314 e. The van der Waals surface area contributed by atoms with E-state index in [2.05, 4.69) is 26.6 Å². The summed E-state index contributed by atoms with van der Waals surface area (Å²) < 4.78 is 0.917. The number of hydrogen-bond acceptors (Lipinski definition) is 2. The summed E-state index contributed by atoms with van der Waals surface area (Å²) in [6.45, 7) is 1.88. The van der Waals surface area contributed by atoms with Gasteiger partial charge in [-0.15, -0.1) is 0 Å². The van der Waals surface area contributed by atoms with Gasteiger partial charge in [-0.25, -0.2) is 0 Å². The maximum atomic E-state index is 11.9. The molecule has 22 heavy (non-hydrogen) atoms. The van der Waals surface area contributed by atoms with Gasteiger partial charge in [0.05, 0.1) is 15.7 Å². The average Bonchev–Trinajstić information content (AvgIpc) is 2.47. The van der Waals surface area contributed by atoms with E-state index in [1.165, 1.54) is 0 Å². The average molecular weight is 402 g/mol. The van der Waals surface area contributed by atoms with Crippen molar-refractivity contribution in [2.24, 2.45) is 0 Å². The van der Waals surface area contributed by atoms with Gasteiger partial charge in [0.25, 0.3) is 0 Å². The molecule has 0 atom stereocenters. The standard InChI is InChI=1S/C15H11BrCl2N2O2/c1-8-7-9(5-6-10(8)16)19-14(21)15(22)20-12-4-2-3-11(17)13(12)18/h2-7H,1H3,(H,19,21)(H,20,22). The second-order valence-electron chi connectivity index (χ2n) is 4.47. The third-order valence-corrected chi connectivity index (χ3v) is 4.53. The van der Waals surface area contributed by atoms with Gasteiger partial charge in [-0.2, -0.15) is 0 Å². The number of anilines is 2. The molecule has 0 aliphatic heterocycles. The van der Waals surface area contributed by atoms with E-state index in [9.17, 15) is 9.59 Å². The molecule has 0 unspecified atom stereocenters. The van der Waals surface area contributed by atoms with Crippen LogP contribution < -0.4 is 10.6 Å². The van der Waals surface area contributed by atoms with Crippen LogP contribution >= 0.6 is 39.1 Å². The topological polar surface area (TPSA) is 58.2 Å². The Kier molecular flexibility index (Phi) is 5.45. The highest BCUT2D eigenvalue weighted by Gasteiger charge is 2.16. The van der Waals surface area contributed by atoms with Gasteiger partial charge in [0.2, 0.25) is 0 Å². The lowest BCUT2D eigenvalue weighted by molar-refractivity contribution is -0.132. The van der Waals surface area contributed by atoms with Crippen molar-refractivity contribution < 1.29 is 9.59 Å². The third-order valence-electron chi connectivity index (χ3n) is 2.82. The smallest absolute Gasteiger partial charge is 0.314 e. The van der Waals surface area contributed by atoms with Crippen molar-refractivity contribution in [2.75, 3.05) is 10.6 Å². The molecule has 2 rings (SSSR count). The number of rotatable bonds is 2. The molecule has 0 fully saturated rings. The molecule has 2 amide bonds. The highest BCUT2D eigenvalue weighted by atomic mass is 79.9. The Labute approximate surface area is 145 Å². The van der Waals surface area contributed by atoms with E-state index in [0.29, 0.717) is 10.7 Å². The largest absolute Gasteiger partial charge is 0.318 e. The summed E-state index contributed by atoms with van der Waals surface area (Å²) in [6.07, 6.45) is 0. The van der Waals surface area contributed by atoms with Gasteiger partial charge in [-0.05, 0) is 42.8 Å². The van der Waals surface area contributed by atoms with E-state index in [0.717, 1.165) is 10.0 Å². The minimum absolute atomic E-state index is 0.185. The zero-order valence-corrected chi connectivity index (χ0v) is 14.5. The Hall–Kier alpha value is -1.56. The van der Waals surface area contributed by atoms with E-state index < -0.39 is 11.8 Å². The Balaban J connectivity index is 2.07. The number of hydrogen-bond donors (Lipinski definition) is 2. The van der Waals surface area contributed by atoms with Crippen molar-refractivity contribution >= 4 is 62.3 Å². The first kappa shape index (κ1) is 16.8. The minimum atomic E-state index is -0.829. The fraction of sp³-hybridized carbons (Fsp3) is 0.0667. The molecule has 0 saturated heterocycles. The SMILES string of the molecule is Cc1cc(NC(=O)C(=O)Nc2cccc(Cl)c2Cl)ccc1Br. The zero-order chi connectivity index (χ0) is 16.3. The lowest BCUT2D eigenvalue weighted by atomic mass is 10.2. The molecule has 4 nitrogen and oxygen atoms in total. The van der Waals surface area contributed by atoms with E-state index >= 15 is 0 Å². The molecule has 0 spiro atoms. The second-order valence-corrected chi connectivity index (χ2v) is 6.11. The van der Waals surface area contributed by atoms with Crippen molar-refractivity contribution in [1.29, 1.82) is 0 Å². The molecule has 2 aromatic carbocycles. The van der Waals surface area contributed by atoms with Crippen LogP contribution in [0.15, 0.2) is 40.9 Å². The predicted octanol–water partition coefficient (Wildman–Crippen LogP) is 4.64. The highest BCUT2D eigenvalue weighted by molar-refractivity contribution is 9.10. The maximum absolute atomic E-state index is 11.9. The van der Waals surface area contributed by atoms with Crippen molar-refractivity contribution in [3.63, 3.8) is 0 Å². The monoisotopic (exact) mass is 400 g/mol. The number of benzene rings is 2. The van der Waals surface area contributed by atoms with Crippen LogP contribution in [-0.2, 0) is 9.59 Å². The van der Waals surface area contributed by atoms with Gasteiger partial charge in [-0.1, -0.05) is 45.2 Å². The molecule has 2 aromatic rings. The Morgan fingerprint density at radius 3 is 2.41 bits per heavy atom. The van der Waals surface area contributed by atoms with Gasteiger partial charge >= 0.3 is 11.8 Å². The molecule has 0 saturated carbocycles. The van der Waals surface area contributed by atoms with Crippen LogP contribution in [0.3, 0.4) is 0 Å². The van der Waals surface area contributed by atoms with Crippen molar-refractivity contribution in [3.8, 4) is 0 Å². The second kappa shape index (κ2) is 7.13. The van der Waals surface area contributed by atoms with Crippen LogP contribution in [0, 0.1) is 6.92 Å². The van der Waals surface area contributed by atoms with Gasteiger partial charge in [0.1, 0.15) is 0 Å². The fourth-order valence-corrected chi connectivity index (χ4v) is 2.28. The van der Waals surface area contributed by atoms with Gasteiger partial charge < -0.3 is 10.6 Å². The van der Waals surface area contributed by atoms with Crippen LogP contribution in [0.2, 0.25) is 10.0 Å². The summed E-state index contributed by atoms with van der Waals surface area (Å²) in [5.74, 6) is -1.62. The number of carbonyl (C=O) groups is 2.